The molecule has 5 rings (SSSR count). The molecule has 13 heteroatoms. The number of anilines is 1. The number of aliphatic imine (C=N–C) groups is 1. The van der Waals surface area contributed by atoms with Crippen LogP contribution in [-0.4, -0.2) is 52.1 Å². The minimum atomic E-state index is -3.95. The first kappa shape index (κ1) is 23.9. The normalized spacial score (nSPS) is 37.4. The van der Waals surface area contributed by atoms with Crippen molar-refractivity contribution in [2.75, 3.05) is 18.5 Å². The molecule has 34 heavy (non-hydrogen) atoms. The van der Waals surface area contributed by atoms with Gasteiger partial charge in [0, 0.05) is 23.2 Å². The zero-order valence-corrected chi connectivity index (χ0v) is 19.9. The van der Waals surface area contributed by atoms with Gasteiger partial charge in [0.15, 0.2) is 6.23 Å². The van der Waals surface area contributed by atoms with Crippen LogP contribution in [0.5, 0.6) is 0 Å². The summed E-state index contributed by atoms with van der Waals surface area (Å²) in [5.41, 5.74) is 5.78. The van der Waals surface area contributed by atoms with Crippen LogP contribution < -0.4 is 11.1 Å². The molecule has 0 aliphatic carbocycles. The average molecular weight is 513 g/mol. The van der Waals surface area contributed by atoms with Gasteiger partial charge in [-0.2, -0.15) is 0 Å². The molecule has 1 aromatic carbocycles. The summed E-state index contributed by atoms with van der Waals surface area (Å²) in [6, 6.07) is 8.83. The average Bonchev–Trinajstić information content (AvgIpc) is 3.32. The maximum atomic E-state index is 13.1. The molecular weight excluding hydrogens is 487 g/mol. The molecule has 1 aromatic heterocycles. The number of phosphoric acid groups is 1. The lowest BCUT2D eigenvalue weighted by Crippen LogP contribution is -2.44. The highest BCUT2D eigenvalue weighted by Crippen LogP contribution is 2.57. The zero-order valence-electron chi connectivity index (χ0n) is 18.3. The van der Waals surface area contributed by atoms with Crippen LogP contribution in [-0.2, 0) is 22.9 Å². The number of hydrogen-bond acceptors (Lipinski definition) is 10. The summed E-state index contributed by atoms with van der Waals surface area (Å²) in [5, 5.41) is 25.4. The highest BCUT2D eigenvalue weighted by atomic mass is 35.5. The van der Waals surface area contributed by atoms with Crippen molar-refractivity contribution in [3.05, 3.63) is 52.7 Å². The van der Waals surface area contributed by atoms with E-state index >= 15 is 0 Å². The Bertz CT molecular complexity index is 1140. The molecule has 2 aromatic rings. The molecule has 2 saturated heterocycles. The van der Waals surface area contributed by atoms with Crippen molar-refractivity contribution in [1.29, 1.82) is 0 Å². The maximum Gasteiger partial charge on any atom is 0.475 e. The molecular formula is C21H26ClN4O7P. The number of aliphatic hydroxyl groups excluding tert-OH is 1. The monoisotopic (exact) mass is 512 g/mol. The fourth-order valence-electron chi connectivity index (χ4n) is 4.37. The Hall–Kier alpha value is -1.79. The van der Waals surface area contributed by atoms with Gasteiger partial charge in [0.05, 0.1) is 25.7 Å². The molecule has 5 N–H and O–H groups in total. The number of nitrogens with zero attached hydrogens (tertiary/aromatic N) is 2. The van der Waals surface area contributed by atoms with Gasteiger partial charge in [-0.25, -0.2) is 4.57 Å². The number of ether oxygens (including phenoxy) is 1. The summed E-state index contributed by atoms with van der Waals surface area (Å²) < 4.78 is 37.2. The number of halogens is 1. The van der Waals surface area contributed by atoms with E-state index in [0.717, 1.165) is 11.1 Å². The molecule has 7 atom stereocenters. The second-order valence-corrected chi connectivity index (χ2v) is 10.7. The summed E-state index contributed by atoms with van der Waals surface area (Å²) in [7, 11) is -3.95. The highest BCUT2D eigenvalue weighted by molar-refractivity contribution is 7.48. The molecule has 0 saturated carbocycles. The van der Waals surface area contributed by atoms with Gasteiger partial charge in [-0.3, -0.25) is 18.6 Å². The molecule has 0 spiro atoms. The van der Waals surface area contributed by atoms with Gasteiger partial charge in [0.2, 0.25) is 0 Å². The number of nitrogens with two attached hydrogens (primary N) is 1. The quantitative estimate of drug-likeness (QED) is 0.443. The van der Waals surface area contributed by atoms with Crippen LogP contribution in [0, 0.1) is 0 Å². The van der Waals surface area contributed by atoms with Crippen molar-refractivity contribution < 1.29 is 33.1 Å². The third-order valence-electron chi connectivity index (χ3n) is 6.21. The van der Waals surface area contributed by atoms with Crippen LogP contribution >= 0.6 is 19.4 Å². The lowest BCUT2D eigenvalue weighted by atomic mass is 9.96. The van der Waals surface area contributed by atoms with E-state index in [-0.39, 0.29) is 13.2 Å². The molecule has 2 fully saturated rings. The maximum absolute atomic E-state index is 13.1. The van der Waals surface area contributed by atoms with E-state index < -0.39 is 44.1 Å². The Balaban J connectivity index is 1.29. The van der Waals surface area contributed by atoms with E-state index in [1.807, 2.05) is 6.07 Å². The predicted octanol–water partition coefficient (Wildman–Crippen LogP) is 2.86. The summed E-state index contributed by atoms with van der Waals surface area (Å²) in [6.07, 6.45) is -0.770. The van der Waals surface area contributed by atoms with E-state index in [1.54, 1.807) is 35.0 Å². The second kappa shape index (κ2) is 9.02. The number of aliphatic hydroxyl groups is 2. The molecule has 3 aliphatic heterocycles. The van der Waals surface area contributed by atoms with Crippen LogP contribution in [0.25, 0.3) is 0 Å². The van der Waals surface area contributed by atoms with E-state index in [0.29, 0.717) is 17.3 Å². The van der Waals surface area contributed by atoms with Crippen LogP contribution in [0.4, 0.5) is 5.82 Å². The lowest BCUT2D eigenvalue weighted by molar-refractivity contribution is -0.0958. The van der Waals surface area contributed by atoms with Crippen LogP contribution in [0.2, 0.25) is 5.02 Å². The van der Waals surface area contributed by atoms with Gasteiger partial charge >= 0.3 is 7.82 Å². The van der Waals surface area contributed by atoms with Gasteiger partial charge in [0.1, 0.15) is 29.8 Å². The van der Waals surface area contributed by atoms with Crippen molar-refractivity contribution in [3.8, 4) is 0 Å². The number of hydrogen-bond donors (Lipinski definition) is 4. The predicted molar refractivity (Wildman–Crippen MR) is 123 cm³/mol. The largest absolute Gasteiger partial charge is 0.475 e. The summed E-state index contributed by atoms with van der Waals surface area (Å²) in [4.78, 5) is 4.09. The number of phosphoric ester groups is 1. The van der Waals surface area contributed by atoms with Crippen molar-refractivity contribution in [1.82, 2.24) is 4.57 Å². The van der Waals surface area contributed by atoms with Crippen molar-refractivity contribution >= 4 is 31.6 Å². The third kappa shape index (κ3) is 4.32. The Labute approximate surface area is 201 Å². The first-order valence-electron chi connectivity index (χ1n) is 10.8. The summed E-state index contributed by atoms with van der Waals surface area (Å²) in [6.45, 7) is 1.29. The SMILES string of the molecule is C[C@@]1(O)[C@H](O)[C@@H](COP2(=O)OCCC(c3cccc(Cl)c3)O2)O[C@H]1n1ccc2c1NC=NC2N. The molecule has 3 aliphatic rings. The molecule has 3 unspecified atom stereocenters. The molecule has 184 valence electrons. The van der Waals surface area contributed by atoms with Gasteiger partial charge in [-0.05, 0) is 30.7 Å². The van der Waals surface area contributed by atoms with Gasteiger partial charge in [-0.1, -0.05) is 23.7 Å². The third-order valence-corrected chi connectivity index (χ3v) is 7.92. The summed E-state index contributed by atoms with van der Waals surface area (Å²) in [5.74, 6) is 0.595. The van der Waals surface area contributed by atoms with Crippen LogP contribution in [0.3, 0.4) is 0 Å². The number of nitrogens with one attached hydrogen (secondary N) is 1. The second-order valence-electron chi connectivity index (χ2n) is 8.61. The van der Waals surface area contributed by atoms with Crippen molar-refractivity contribution in [2.24, 2.45) is 10.7 Å². The van der Waals surface area contributed by atoms with Gasteiger partial charge < -0.3 is 30.6 Å². The molecule has 11 nitrogen and oxygen atoms in total. The number of rotatable bonds is 5. The number of fused-ring (bicyclic) bond motifs is 1. The summed E-state index contributed by atoms with van der Waals surface area (Å²) >= 11 is 6.06. The molecule has 4 heterocycles. The lowest BCUT2D eigenvalue weighted by Gasteiger charge is -2.30. The van der Waals surface area contributed by atoms with Crippen LogP contribution in [0.15, 0.2) is 41.5 Å². The smallest absolute Gasteiger partial charge is 0.387 e. The van der Waals surface area contributed by atoms with E-state index in [2.05, 4.69) is 10.3 Å². The Morgan fingerprint density at radius 1 is 1.44 bits per heavy atom. The minimum Gasteiger partial charge on any atom is -0.387 e. The standard InChI is InChI=1S/C21H26ClN4O7P/c1-21(28)17(27)16(32-20(21)26-7-5-14-18(23)24-11-25-19(14)26)10-31-34(29)30-8-6-15(33-34)12-3-2-4-13(22)9-12/h2-5,7,9,11,15-18,20,27-28H,6,8,10,23H2,1H3,(H,24,25)/t15?,16-,17-,18?,20-,21-,34?/m1/s1. The Morgan fingerprint density at radius 2 is 2.26 bits per heavy atom. The molecule has 0 amide bonds. The first-order chi connectivity index (χ1) is 16.2. The first-order valence-corrected chi connectivity index (χ1v) is 12.7. The highest BCUT2D eigenvalue weighted by Gasteiger charge is 2.54. The van der Waals surface area contributed by atoms with E-state index in [1.165, 1.54) is 13.3 Å². The van der Waals surface area contributed by atoms with Crippen molar-refractivity contribution in [3.63, 3.8) is 0 Å². The van der Waals surface area contributed by atoms with Gasteiger partial charge in [-0.15, -0.1) is 0 Å². The number of benzene rings is 1. The fourth-order valence-corrected chi connectivity index (χ4v) is 5.96. The topological polar surface area (TPSA) is 150 Å². The fraction of sp³-hybridized carbons (Fsp3) is 0.476. The van der Waals surface area contributed by atoms with Crippen molar-refractivity contribution in [2.45, 2.75) is 49.7 Å². The minimum absolute atomic E-state index is 0.159. The Morgan fingerprint density at radius 3 is 3.06 bits per heavy atom. The molecule has 0 radical (unpaired) electrons. The molecule has 0 bridgehead atoms. The van der Waals surface area contributed by atoms with Crippen LogP contribution in [0.1, 0.15) is 43.0 Å². The number of aromatic nitrogens is 1. The van der Waals surface area contributed by atoms with E-state index in [4.69, 9.17) is 35.6 Å². The van der Waals surface area contributed by atoms with Gasteiger partial charge in [0.25, 0.3) is 0 Å². The van der Waals surface area contributed by atoms with E-state index in [9.17, 15) is 14.8 Å². The Kier molecular flexibility index (Phi) is 6.34. The zero-order chi connectivity index (χ0) is 24.1.